The number of fused-ring (bicyclic) bond motifs is 3. The molecule has 0 aliphatic heterocycles. The van der Waals surface area contributed by atoms with Gasteiger partial charge in [-0.15, -0.1) is 11.6 Å². The summed E-state index contributed by atoms with van der Waals surface area (Å²) in [6, 6.07) is 18.1. The molecule has 4 rings (SSSR count). The van der Waals surface area contributed by atoms with Crippen molar-refractivity contribution in [2.45, 2.75) is 56.6 Å². The number of allylic oxidation sites excluding steroid dienone is 4. The first-order valence-electron chi connectivity index (χ1n) is 10.7. The Morgan fingerprint density at radius 1 is 1.04 bits per heavy atom. The first kappa shape index (κ1) is 19.7. The summed E-state index contributed by atoms with van der Waals surface area (Å²) in [6.45, 7) is 7.24. The molecule has 2 aliphatic carbocycles. The number of alkyl halides is 1. The number of hydrogen-bond donors (Lipinski definition) is 0. The Labute approximate surface area is 176 Å². The van der Waals surface area contributed by atoms with Gasteiger partial charge in [-0.1, -0.05) is 98.8 Å². The molecule has 2 aromatic carbocycles. The van der Waals surface area contributed by atoms with E-state index in [1.807, 2.05) is 0 Å². The van der Waals surface area contributed by atoms with Crippen LogP contribution in [0.15, 0.2) is 72.3 Å². The molecule has 0 bridgehead atoms. The normalized spacial score (nSPS) is 18.7. The van der Waals surface area contributed by atoms with Crippen LogP contribution in [0.5, 0.6) is 0 Å². The van der Waals surface area contributed by atoms with Crippen molar-refractivity contribution in [1.29, 1.82) is 0 Å². The van der Waals surface area contributed by atoms with E-state index in [0.717, 1.165) is 12.8 Å². The molecule has 0 saturated heterocycles. The molecule has 2 heteroatoms. The number of benzene rings is 2. The molecule has 0 saturated carbocycles. The Bertz CT molecular complexity index is 865. The summed E-state index contributed by atoms with van der Waals surface area (Å²) in [7, 11) is -0.774. The zero-order chi connectivity index (χ0) is 19.7. The summed E-state index contributed by atoms with van der Waals surface area (Å²) in [5.74, 6) is 0.427. The Hall–Kier alpha value is -1.57. The maximum Gasteiger partial charge on any atom is 0.0518 e. The Morgan fingerprint density at radius 3 is 2.18 bits per heavy atom. The summed E-state index contributed by atoms with van der Waals surface area (Å²) in [5.41, 5.74) is 7.55. The van der Waals surface area contributed by atoms with E-state index in [-0.39, 0.29) is 5.41 Å². The van der Waals surface area contributed by atoms with Crippen LogP contribution in [-0.2, 0) is 0 Å². The lowest BCUT2D eigenvalue weighted by atomic mass is 9.64. The zero-order valence-corrected chi connectivity index (χ0v) is 19.2. The Morgan fingerprint density at radius 2 is 1.64 bits per heavy atom. The van der Waals surface area contributed by atoms with Crippen LogP contribution >= 0.6 is 11.6 Å². The van der Waals surface area contributed by atoms with Crippen molar-refractivity contribution in [1.82, 2.24) is 0 Å². The van der Waals surface area contributed by atoms with Gasteiger partial charge in [0.05, 0.1) is 8.80 Å². The maximum absolute atomic E-state index is 6.66. The third-order valence-electron chi connectivity index (χ3n) is 6.88. The van der Waals surface area contributed by atoms with Gasteiger partial charge in [0.2, 0.25) is 0 Å². The highest BCUT2D eigenvalue weighted by Crippen LogP contribution is 2.58. The first-order chi connectivity index (χ1) is 13.5. The molecular weight excluding hydrogens is 376 g/mol. The number of hydrogen-bond acceptors (Lipinski definition) is 0. The molecule has 2 atom stereocenters. The molecule has 0 nitrogen and oxygen atoms in total. The lowest BCUT2D eigenvalue weighted by molar-refractivity contribution is 0.308. The fourth-order valence-electron chi connectivity index (χ4n) is 5.20. The highest BCUT2D eigenvalue weighted by Gasteiger charge is 2.43. The van der Waals surface area contributed by atoms with Gasteiger partial charge in [0.15, 0.2) is 0 Å². The van der Waals surface area contributed by atoms with Crippen LogP contribution in [0.3, 0.4) is 0 Å². The predicted octanol–water partition coefficient (Wildman–Crippen LogP) is 7.50. The standard InChI is InChI=1S/C26H31ClSi/c1-26(19-11-4-5-12-19,18-10-17-24(27)28(2)3)25-22-15-8-6-13-20(22)21-14-7-9-16-23(21)25/h4-9,11,13-16,24-25,28H,10,12,17-18H2,1-3H3. The smallest absolute Gasteiger partial charge is 0.0518 e. The largest absolute Gasteiger partial charge is 0.127 e. The van der Waals surface area contributed by atoms with Gasteiger partial charge in [0.1, 0.15) is 0 Å². The molecule has 2 unspecified atom stereocenters. The lowest BCUT2D eigenvalue weighted by Crippen LogP contribution is -2.28. The van der Waals surface area contributed by atoms with Gasteiger partial charge < -0.3 is 0 Å². The van der Waals surface area contributed by atoms with Crippen LogP contribution in [0.4, 0.5) is 0 Å². The van der Waals surface area contributed by atoms with Crippen LogP contribution in [0, 0.1) is 5.41 Å². The van der Waals surface area contributed by atoms with Gasteiger partial charge in [0.25, 0.3) is 0 Å². The van der Waals surface area contributed by atoms with E-state index in [1.165, 1.54) is 35.1 Å². The molecule has 146 valence electrons. The summed E-state index contributed by atoms with van der Waals surface area (Å²) < 4.78 is 0. The highest BCUT2D eigenvalue weighted by atomic mass is 35.5. The fourth-order valence-corrected chi connectivity index (χ4v) is 6.26. The monoisotopic (exact) mass is 406 g/mol. The van der Waals surface area contributed by atoms with E-state index >= 15 is 0 Å². The summed E-state index contributed by atoms with van der Waals surface area (Å²) >= 11 is 6.66. The minimum Gasteiger partial charge on any atom is -0.127 e. The molecule has 0 spiro atoms. The molecule has 0 aromatic heterocycles. The minimum atomic E-state index is -0.774. The Balaban J connectivity index is 1.73. The highest BCUT2D eigenvalue weighted by molar-refractivity contribution is 6.67. The lowest BCUT2D eigenvalue weighted by Gasteiger charge is -2.39. The summed E-state index contributed by atoms with van der Waals surface area (Å²) in [5, 5.41) is 0.406. The van der Waals surface area contributed by atoms with Gasteiger partial charge in [0, 0.05) is 10.9 Å². The SMILES string of the molecule is C[SiH](C)C(Cl)CCCC(C)(C1=CC=CC1)C1c2ccccc2-c2ccccc21. The average molecular weight is 407 g/mol. The van der Waals surface area contributed by atoms with Crippen molar-refractivity contribution < 1.29 is 0 Å². The van der Waals surface area contributed by atoms with E-state index in [4.69, 9.17) is 11.6 Å². The molecule has 2 aliphatic rings. The minimum absolute atomic E-state index is 0.126. The van der Waals surface area contributed by atoms with Crippen LogP contribution in [0.1, 0.15) is 49.7 Å². The number of rotatable bonds is 7. The van der Waals surface area contributed by atoms with Crippen LogP contribution in [0.25, 0.3) is 11.1 Å². The molecule has 0 heterocycles. The van der Waals surface area contributed by atoms with Crippen LogP contribution < -0.4 is 0 Å². The van der Waals surface area contributed by atoms with E-state index in [2.05, 4.69) is 86.8 Å². The zero-order valence-electron chi connectivity index (χ0n) is 17.3. The molecule has 0 radical (unpaired) electrons. The summed E-state index contributed by atoms with van der Waals surface area (Å²) in [4.78, 5) is 0. The second-order valence-electron chi connectivity index (χ2n) is 9.00. The van der Waals surface area contributed by atoms with Crippen LogP contribution in [0.2, 0.25) is 13.1 Å². The van der Waals surface area contributed by atoms with Crippen molar-refractivity contribution in [3.8, 4) is 11.1 Å². The molecule has 2 aromatic rings. The van der Waals surface area contributed by atoms with E-state index in [9.17, 15) is 0 Å². The van der Waals surface area contributed by atoms with Gasteiger partial charge in [-0.05, 0) is 46.9 Å². The summed E-state index contributed by atoms with van der Waals surface area (Å²) in [6.07, 6.45) is 11.6. The second kappa shape index (κ2) is 8.04. The van der Waals surface area contributed by atoms with Gasteiger partial charge in [-0.3, -0.25) is 0 Å². The number of halogens is 1. The van der Waals surface area contributed by atoms with Crippen molar-refractivity contribution >= 4 is 20.4 Å². The second-order valence-corrected chi connectivity index (χ2v) is 13.3. The van der Waals surface area contributed by atoms with Gasteiger partial charge >= 0.3 is 0 Å². The van der Waals surface area contributed by atoms with Crippen LogP contribution in [-0.4, -0.2) is 13.8 Å². The molecule has 0 N–H and O–H groups in total. The average Bonchev–Trinajstić information content (AvgIpc) is 3.35. The predicted molar refractivity (Wildman–Crippen MR) is 126 cm³/mol. The molecular formula is C26H31ClSi. The van der Waals surface area contributed by atoms with Crippen molar-refractivity contribution in [2.24, 2.45) is 5.41 Å². The van der Waals surface area contributed by atoms with Crippen molar-refractivity contribution in [3.05, 3.63) is 83.5 Å². The van der Waals surface area contributed by atoms with Gasteiger partial charge in [-0.25, -0.2) is 0 Å². The third-order valence-corrected chi connectivity index (χ3v) is 10.4. The van der Waals surface area contributed by atoms with Crippen molar-refractivity contribution in [2.75, 3.05) is 0 Å². The molecule has 0 fully saturated rings. The van der Waals surface area contributed by atoms with Crippen molar-refractivity contribution in [3.63, 3.8) is 0 Å². The van der Waals surface area contributed by atoms with Gasteiger partial charge in [-0.2, -0.15) is 0 Å². The third kappa shape index (κ3) is 3.44. The quantitative estimate of drug-likeness (QED) is 0.330. The van der Waals surface area contributed by atoms with E-state index < -0.39 is 8.80 Å². The topological polar surface area (TPSA) is 0 Å². The molecule has 0 amide bonds. The van der Waals surface area contributed by atoms with E-state index in [0.29, 0.717) is 10.9 Å². The fraction of sp³-hybridized carbons (Fsp3) is 0.385. The Kier molecular flexibility index (Phi) is 5.67. The first-order valence-corrected chi connectivity index (χ1v) is 14.1. The molecule has 28 heavy (non-hydrogen) atoms. The maximum atomic E-state index is 6.66. The van der Waals surface area contributed by atoms with E-state index in [1.54, 1.807) is 5.57 Å².